The highest BCUT2D eigenvalue weighted by Gasteiger charge is 2.32. The third-order valence-electron chi connectivity index (χ3n) is 6.41. The number of ether oxygens (including phenoxy) is 1. The smallest absolute Gasteiger partial charge is 0.261 e. The van der Waals surface area contributed by atoms with Gasteiger partial charge in [0.05, 0.1) is 0 Å². The van der Waals surface area contributed by atoms with Crippen molar-refractivity contribution in [2.24, 2.45) is 0 Å². The van der Waals surface area contributed by atoms with Gasteiger partial charge >= 0.3 is 0 Å². The van der Waals surface area contributed by atoms with Crippen LogP contribution < -0.4 is 10.1 Å². The van der Waals surface area contributed by atoms with E-state index in [4.69, 9.17) is 16.3 Å². The highest BCUT2D eigenvalue weighted by atomic mass is 35.5. The fourth-order valence-electron chi connectivity index (χ4n) is 4.47. The molecule has 1 N–H and O–H groups in total. The molecule has 2 amide bonds. The Morgan fingerprint density at radius 1 is 0.944 bits per heavy atom. The number of amides is 2. The Morgan fingerprint density at radius 3 is 2.28 bits per heavy atom. The molecule has 0 bridgehead atoms. The summed E-state index contributed by atoms with van der Waals surface area (Å²) in [5, 5.41) is 3.73. The maximum Gasteiger partial charge on any atom is 0.261 e. The van der Waals surface area contributed by atoms with E-state index in [1.165, 1.54) is 12.1 Å². The average Bonchev–Trinajstić information content (AvgIpc) is 3.40. The van der Waals surface area contributed by atoms with E-state index in [0.29, 0.717) is 17.2 Å². The lowest BCUT2D eigenvalue weighted by Gasteiger charge is -2.32. The van der Waals surface area contributed by atoms with E-state index in [9.17, 15) is 14.0 Å². The first kappa shape index (κ1) is 25.7. The van der Waals surface area contributed by atoms with Crippen LogP contribution in [0.2, 0.25) is 5.02 Å². The summed E-state index contributed by atoms with van der Waals surface area (Å²) in [5.41, 5.74) is 1.67. The number of hydrogen-bond donors (Lipinski definition) is 1. The van der Waals surface area contributed by atoms with E-state index in [-0.39, 0.29) is 36.8 Å². The summed E-state index contributed by atoms with van der Waals surface area (Å²) in [6.45, 7) is -0.0937. The highest BCUT2D eigenvalue weighted by molar-refractivity contribution is 6.30. The lowest BCUT2D eigenvalue weighted by molar-refractivity contribution is -0.143. The second-order valence-corrected chi connectivity index (χ2v) is 9.52. The SMILES string of the molecule is O=C(NC1CCCC1)[C@H](Cc1ccccc1)N(Cc1ccc(F)cc1)C(=O)COc1ccc(Cl)cc1. The van der Waals surface area contributed by atoms with Crippen LogP contribution >= 0.6 is 11.6 Å². The van der Waals surface area contributed by atoms with Gasteiger partial charge in [-0.05, 0) is 60.4 Å². The summed E-state index contributed by atoms with van der Waals surface area (Å²) in [6.07, 6.45) is 4.40. The molecule has 3 aromatic carbocycles. The largest absolute Gasteiger partial charge is 0.484 e. The molecule has 7 heteroatoms. The Bertz CT molecular complexity index is 1130. The predicted molar refractivity (Wildman–Crippen MR) is 138 cm³/mol. The number of hydrogen-bond acceptors (Lipinski definition) is 3. The van der Waals surface area contributed by atoms with Crippen LogP contribution in [0.15, 0.2) is 78.9 Å². The van der Waals surface area contributed by atoms with Gasteiger partial charge in [-0.3, -0.25) is 9.59 Å². The fourth-order valence-corrected chi connectivity index (χ4v) is 4.59. The first-order valence-electron chi connectivity index (χ1n) is 12.2. The molecule has 3 aromatic rings. The summed E-state index contributed by atoms with van der Waals surface area (Å²) in [6, 6.07) is 21.7. The van der Waals surface area contributed by atoms with Gasteiger partial charge in [-0.2, -0.15) is 0 Å². The van der Waals surface area contributed by atoms with E-state index in [1.807, 2.05) is 30.3 Å². The Morgan fingerprint density at radius 2 is 1.61 bits per heavy atom. The Hall–Kier alpha value is -3.38. The van der Waals surface area contributed by atoms with E-state index in [2.05, 4.69) is 5.32 Å². The molecular weight excluding hydrogens is 479 g/mol. The zero-order chi connectivity index (χ0) is 25.3. The Balaban J connectivity index is 1.59. The molecular formula is C29H30ClFN2O3. The quantitative estimate of drug-likeness (QED) is 0.390. The van der Waals surface area contributed by atoms with Gasteiger partial charge in [0, 0.05) is 24.0 Å². The second kappa shape index (κ2) is 12.5. The minimum atomic E-state index is -0.751. The van der Waals surface area contributed by atoms with Crippen LogP contribution in [0.5, 0.6) is 5.75 Å². The maximum atomic E-state index is 13.6. The van der Waals surface area contributed by atoms with E-state index in [1.54, 1.807) is 41.3 Å². The lowest BCUT2D eigenvalue weighted by atomic mass is 10.0. The van der Waals surface area contributed by atoms with Gasteiger partial charge in [0.2, 0.25) is 5.91 Å². The second-order valence-electron chi connectivity index (χ2n) is 9.09. The number of carbonyl (C=O) groups is 2. The van der Waals surface area contributed by atoms with Crippen molar-refractivity contribution in [3.05, 3.63) is 101 Å². The van der Waals surface area contributed by atoms with Crippen molar-refractivity contribution in [1.82, 2.24) is 10.2 Å². The number of nitrogens with one attached hydrogen (secondary N) is 1. The van der Waals surface area contributed by atoms with Crippen molar-refractivity contribution in [2.45, 2.75) is 50.7 Å². The van der Waals surface area contributed by atoms with Crippen LogP contribution in [-0.4, -0.2) is 35.4 Å². The van der Waals surface area contributed by atoms with Crippen LogP contribution in [0.3, 0.4) is 0 Å². The molecule has 1 aliphatic rings. The first-order chi connectivity index (χ1) is 17.5. The Kier molecular flexibility index (Phi) is 8.95. The van der Waals surface area contributed by atoms with E-state index in [0.717, 1.165) is 36.8 Å². The summed E-state index contributed by atoms with van der Waals surface area (Å²) in [4.78, 5) is 28.7. The number of carbonyl (C=O) groups excluding carboxylic acids is 2. The minimum absolute atomic E-state index is 0.115. The van der Waals surface area contributed by atoms with Gasteiger partial charge in [0.15, 0.2) is 6.61 Å². The van der Waals surface area contributed by atoms with Crippen LogP contribution in [0.4, 0.5) is 4.39 Å². The third kappa shape index (κ3) is 7.31. The fraction of sp³-hybridized carbons (Fsp3) is 0.310. The zero-order valence-electron chi connectivity index (χ0n) is 20.0. The molecule has 1 fully saturated rings. The van der Waals surface area contributed by atoms with Crippen LogP contribution in [-0.2, 0) is 22.6 Å². The molecule has 36 heavy (non-hydrogen) atoms. The molecule has 0 spiro atoms. The van der Waals surface area contributed by atoms with Crippen LogP contribution in [0.25, 0.3) is 0 Å². The third-order valence-corrected chi connectivity index (χ3v) is 6.67. The minimum Gasteiger partial charge on any atom is -0.484 e. The number of benzene rings is 3. The van der Waals surface area contributed by atoms with Gasteiger partial charge < -0.3 is 15.0 Å². The molecule has 5 nitrogen and oxygen atoms in total. The first-order valence-corrected chi connectivity index (χ1v) is 12.6. The standard InChI is InChI=1S/C29H30ClFN2O3/c30-23-12-16-26(17-13-23)36-20-28(34)33(19-22-10-14-24(31)15-11-22)27(18-21-6-2-1-3-7-21)29(35)32-25-8-4-5-9-25/h1-3,6-7,10-17,25,27H,4-5,8-9,18-20H2,(H,32,35)/t27-/m0/s1. The zero-order valence-corrected chi connectivity index (χ0v) is 20.8. The number of rotatable bonds is 10. The molecule has 1 aliphatic carbocycles. The number of nitrogens with zero attached hydrogens (tertiary/aromatic N) is 1. The molecule has 1 atom stereocenters. The molecule has 0 radical (unpaired) electrons. The molecule has 4 rings (SSSR count). The summed E-state index contributed by atoms with van der Waals surface area (Å²) in [5.74, 6) is -0.378. The summed E-state index contributed by atoms with van der Waals surface area (Å²) in [7, 11) is 0. The molecule has 0 aliphatic heterocycles. The monoisotopic (exact) mass is 508 g/mol. The van der Waals surface area contributed by atoms with Crippen molar-refractivity contribution in [3.63, 3.8) is 0 Å². The lowest BCUT2D eigenvalue weighted by Crippen LogP contribution is -2.53. The van der Waals surface area contributed by atoms with Crippen LogP contribution in [0, 0.1) is 5.82 Å². The molecule has 0 aromatic heterocycles. The van der Waals surface area contributed by atoms with Crippen molar-refractivity contribution in [3.8, 4) is 5.75 Å². The maximum absolute atomic E-state index is 13.6. The summed E-state index contributed by atoms with van der Waals surface area (Å²) < 4.78 is 19.3. The average molecular weight is 509 g/mol. The molecule has 0 heterocycles. The van der Waals surface area contributed by atoms with Crippen molar-refractivity contribution in [1.29, 1.82) is 0 Å². The van der Waals surface area contributed by atoms with Crippen molar-refractivity contribution in [2.75, 3.05) is 6.61 Å². The van der Waals surface area contributed by atoms with Gasteiger partial charge in [0.1, 0.15) is 17.6 Å². The van der Waals surface area contributed by atoms with Crippen molar-refractivity contribution >= 4 is 23.4 Å². The normalized spacial score (nSPS) is 14.3. The van der Waals surface area contributed by atoms with Crippen molar-refractivity contribution < 1.29 is 18.7 Å². The topological polar surface area (TPSA) is 58.6 Å². The Labute approximate surface area is 216 Å². The predicted octanol–water partition coefficient (Wildman–Crippen LogP) is 5.56. The van der Waals surface area contributed by atoms with Gasteiger partial charge in [-0.25, -0.2) is 4.39 Å². The highest BCUT2D eigenvalue weighted by Crippen LogP contribution is 2.21. The van der Waals surface area contributed by atoms with Gasteiger partial charge in [-0.1, -0.05) is 66.9 Å². The summed E-state index contributed by atoms with van der Waals surface area (Å²) >= 11 is 5.95. The molecule has 0 unspecified atom stereocenters. The van der Waals surface area contributed by atoms with Gasteiger partial charge in [-0.15, -0.1) is 0 Å². The number of halogens is 2. The van der Waals surface area contributed by atoms with Crippen LogP contribution in [0.1, 0.15) is 36.8 Å². The van der Waals surface area contributed by atoms with Gasteiger partial charge in [0.25, 0.3) is 5.91 Å². The van der Waals surface area contributed by atoms with E-state index < -0.39 is 6.04 Å². The molecule has 1 saturated carbocycles. The molecule has 0 saturated heterocycles. The molecule has 188 valence electrons. The van der Waals surface area contributed by atoms with E-state index >= 15 is 0 Å².